The van der Waals surface area contributed by atoms with Gasteiger partial charge >= 0.3 is 0 Å². The van der Waals surface area contributed by atoms with Crippen LogP contribution in [0.25, 0.3) is 5.76 Å². The second-order valence-corrected chi connectivity index (χ2v) is 8.26. The van der Waals surface area contributed by atoms with E-state index in [0.717, 1.165) is 0 Å². The minimum Gasteiger partial charge on any atom is -0.507 e. The lowest BCUT2D eigenvalue weighted by Gasteiger charge is -2.25. The van der Waals surface area contributed by atoms with Crippen LogP contribution < -0.4 is 4.74 Å². The van der Waals surface area contributed by atoms with Crippen LogP contribution in [0.3, 0.4) is 0 Å². The van der Waals surface area contributed by atoms with Crippen LogP contribution in [0.2, 0.25) is 5.02 Å². The molecule has 8 heteroatoms. The number of ether oxygens (including phenoxy) is 1. The van der Waals surface area contributed by atoms with Crippen LogP contribution in [0.4, 0.5) is 0 Å². The maximum absolute atomic E-state index is 13.1. The average molecular weight is 478 g/mol. The van der Waals surface area contributed by atoms with Gasteiger partial charge in [0.1, 0.15) is 18.1 Å². The number of aliphatic hydroxyl groups is 1. The number of halogens is 1. The molecule has 1 aliphatic rings. The molecule has 34 heavy (non-hydrogen) atoms. The van der Waals surface area contributed by atoms with Crippen molar-refractivity contribution in [1.29, 1.82) is 0 Å². The lowest BCUT2D eigenvalue weighted by Crippen LogP contribution is -2.31. The Morgan fingerprint density at radius 2 is 1.97 bits per heavy atom. The molecule has 1 amide bonds. The molecule has 7 nitrogen and oxygen atoms in total. The number of likely N-dealkylation sites (tertiary alicyclic amines) is 1. The summed E-state index contributed by atoms with van der Waals surface area (Å²) in [7, 11) is 0. The fourth-order valence-corrected chi connectivity index (χ4v) is 4.19. The second-order valence-electron chi connectivity index (χ2n) is 7.83. The summed E-state index contributed by atoms with van der Waals surface area (Å²) in [5.74, 6) is -1.02. The number of carbonyl (C=O) groups is 2. The van der Waals surface area contributed by atoms with E-state index in [1.54, 1.807) is 67.1 Å². The minimum absolute atomic E-state index is 0.0367. The Labute approximate surface area is 202 Å². The molecule has 0 aliphatic carbocycles. The number of amides is 1. The normalized spacial score (nSPS) is 17.2. The first-order valence-electron chi connectivity index (χ1n) is 10.8. The van der Waals surface area contributed by atoms with Gasteiger partial charge in [0.05, 0.1) is 17.9 Å². The van der Waals surface area contributed by atoms with Crippen molar-refractivity contribution >= 4 is 29.1 Å². The molecule has 4 rings (SSSR count). The molecule has 1 aromatic heterocycles. The molecule has 0 saturated carbocycles. The Morgan fingerprint density at radius 3 is 2.65 bits per heavy atom. The van der Waals surface area contributed by atoms with Gasteiger partial charge in [-0.1, -0.05) is 36.4 Å². The smallest absolute Gasteiger partial charge is 0.295 e. The van der Waals surface area contributed by atoms with Crippen molar-refractivity contribution in [2.24, 2.45) is 0 Å². The Bertz CT molecular complexity index is 1220. The summed E-state index contributed by atoms with van der Waals surface area (Å²) in [4.78, 5) is 31.7. The molecule has 3 aromatic rings. The monoisotopic (exact) mass is 477 g/mol. The number of rotatable bonds is 9. The largest absolute Gasteiger partial charge is 0.507 e. The molecule has 0 bridgehead atoms. The van der Waals surface area contributed by atoms with Gasteiger partial charge in [0.15, 0.2) is 0 Å². The number of aromatic nitrogens is 2. The van der Waals surface area contributed by atoms with E-state index in [1.807, 2.05) is 10.8 Å². The van der Waals surface area contributed by atoms with Crippen LogP contribution in [0.1, 0.15) is 23.6 Å². The fourth-order valence-electron chi connectivity index (χ4n) is 4.00. The first kappa shape index (κ1) is 23.3. The molecule has 1 fully saturated rings. The first-order valence-corrected chi connectivity index (χ1v) is 11.2. The van der Waals surface area contributed by atoms with Gasteiger partial charge in [0, 0.05) is 36.1 Å². The van der Waals surface area contributed by atoms with Crippen LogP contribution >= 0.6 is 11.6 Å². The van der Waals surface area contributed by atoms with Crippen molar-refractivity contribution < 1.29 is 19.4 Å². The van der Waals surface area contributed by atoms with Crippen molar-refractivity contribution in [3.63, 3.8) is 0 Å². The van der Waals surface area contributed by atoms with Gasteiger partial charge < -0.3 is 19.3 Å². The van der Waals surface area contributed by atoms with Crippen molar-refractivity contribution in [3.8, 4) is 5.75 Å². The lowest BCUT2D eigenvalue weighted by atomic mass is 9.95. The molecule has 1 saturated heterocycles. The van der Waals surface area contributed by atoms with Crippen LogP contribution in [0.15, 0.2) is 85.5 Å². The number of hydrogen-bond donors (Lipinski definition) is 1. The van der Waals surface area contributed by atoms with Crippen LogP contribution in [-0.2, 0) is 16.1 Å². The molecule has 2 heterocycles. The van der Waals surface area contributed by atoms with Gasteiger partial charge in [0.25, 0.3) is 11.7 Å². The maximum Gasteiger partial charge on any atom is 0.295 e. The zero-order chi connectivity index (χ0) is 24.1. The number of aliphatic hydroxyl groups excluding tert-OH is 1. The third-order valence-corrected chi connectivity index (χ3v) is 5.81. The SMILES string of the molecule is C=CCOc1ccc(C(O)=C2C(=O)C(=O)N(CCCn3ccnc3)[C@@H]2c2cccc(Cl)c2)cc1. The van der Waals surface area contributed by atoms with Crippen LogP contribution in [-0.4, -0.2) is 44.4 Å². The molecular weight excluding hydrogens is 454 g/mol. The molecule has 1 atom stereocenters. The second kappa shape index (κ2) is 10.4. The maximum atomic E-state index is 13.1. The summed E-state index contributed by atoms with van der Waals surface area (Å²) in [6.07, 6.45) is 7.46. The number of hydrogen-bond acceptors (Lipinski definition) is 5. The summed E-state index contributed by atoms with van der Waals surface area (Å²) in [6, 6.07) is 12.9. The standard InChI is InChI=1S/C26H24ClN3O4/c1-2-15-34-21-9-7-18(8-10-21)24(31)22-23(19-5-3-6-20(27)16-19)30(26(33)25(22)32)13-4-12-29-14-11-28-17-29/h2-3,5-11,14,16-17,23,31H,1,4,12-13,15H2/t23-/m1/s1. The molecule has 1 N–H and O–H groups in total. The molecule has 0 spiro atoms. The quantitative estimate of drug-likeness (QED) is 0.210. The molecule has 0 radical (unpaired) electrons. The molecule has 1 aliphatic heterocycles. The van der Waals surface area contributed by atoms with E-state index in [1.165, 1.54) is 4.90 Å². The Balaban J connectivity index is 1.69. The number of aryl methyl sites for hydroxylation is 1. The van der Waals surface area contributed by atoms with Gasteiger partial charge in [-0.3, -0.25) is 9.59 Å². The van der Waals surface area contributed by atoms with E-state index in [2.05, 4.69) is 11.6 Å². The summed E-state index contributed by atoms with van der Waals surface area (Å²) in [6.45, 7) is 4.93. The minimum atomic E-state index is -0.752. The highest BCUT2D eigenvalue weighted by molar-refractivity contribution is 6.46. The summed E-state index contributed by atoms with van der Waals surface area (Å²) in [5, 5.41) is 11.6. The van der Waals surface area contributed by atoms with E-state index in [-0.39, 0.29) is 11.3 Å². The number of nitrogens with zero attached hydrogens (tertiary/aromatic N) is 3. The Kier molecular flexibility index (Phi) is 7.13. The van der Waals surface area contributed by atoms with Gasteiger partial charge in [-0.2, -0.15) is 0 Å². The Morgan fingerprint density at radius 1 is 1.18 bits per heavy atom. The third-order valence-electron chi connectivity index (χ3n) is 5.57. The van der Waals surface area contributed by atoms with E-state index in [9.17, 15) is 14.7 Å². The van der Waals surface area contributed by atoms with Crippen LogP contribution in [0.5, 0.6) is 5.75 Å². The number of ketones is 1. The highest BCUT2D eigenvalue weighted by Gasteiger charge is 2.45. The van der Waals surface area contributed by atoms with Gasteiger partial charge in [0.2, 0.25) is 0 Å². The predicted molar refractivity (Wildman–Crippen MR) is 129 cm³/mol. The van der Waals surface area contributed by atoms with Gasteiger partial charge in [-0.15, -0.1) is 0 Å². The molecular formula is C26H24ClN3O4. The van der Waals surface area contributed by atoms with Crippen molar-refractivity contribution in [1.82, 2.24) is 14.5 Å². The molecule has 174 valence electrons. The first-order chi connectivity index (χ1) is 16.5. The highest BCUT2D eigenvalue weighted by Crippen LogP contribution is 2.40. The van der Waals surface area contributed by atoms with E-state index in [4.69, 9.17) is 16.3 Å². The Hall–Kier alpha value is -3.84. The van der Waals surface area contributed by atoms with Crippen molar-refractivity contribution in [2.75, 3.05) is 13.2 Å². The summed E-state index contributed by atoms with van der Waals surface area (Å²) >= 11 is 6.22. The lowest BCUT2D eigenvalue weighted by molar-refractivity contribution is -0.139. The average Bonchev–Trinajstić information content (AvgIpc) is 3.45. The zero-order valence-electron chi connectivity index (χ0n) is 18.4. The van der Waals surface area contributed by atoms with Crippen LogP contribution in [0, 0.1) is 0 Å². The number of benzene rings is 2. The highest BCUT2D eigenvalue weighted by atomic mass is 35.5. The summed E-state index contributed by atoms with van der Waals surface area (Å²) < 4.78 is 7.39. The van der Waals surface area contributed by atoms with Gasteiger partial charge in [-0.25, -0.2) is 4.98 Å². The third kappa shape index (κ3) is 4.89. The van der Waals surface area contributed by atoms with Crippen molar-refractivity contribution in [3.05, 3.63) is 102 Å². The van der Waals surface area contributed by atoms with Crippen molar-refractivity contribution in [2.45, 2.75) is 19.0 Å². The van der Waals surface area contributed by atoms with E-state index >= 15 is 0 Å². The number of Topliss-reactive ketones (excluding diaryl/α,β-unsaturated/α-hetero) is 1. The molecule has 2 aromatic carbocycles. The van der Waals surface area contributed by atoms with E-state index in [0.29, 0.717) is 48.0 Å². The van der Waals surface area contributed by atoms with E-state index < -0.39 is 17.7 Å². The summed E-state index contributed by atoms with van der Waals surface area (Å²) in [5.41, 5.74) is 1.10. The fraction of sp³-hybridized carbons (Fsp3) is 0.192. The topological polar surface area (TPSA) is 84.7 Å². The number of carbonyl (C=O) groups excluding carboxylic acids is 2. The van der Waals surface area contributed by atoms with Gasteiger partial charge in [-0.05, 0) is 48.4 Å². The number of imidazole rings is 1. The molecule has 0 unspecified atom stereocenters. The zero-order valence-corrected chi connectivity index (χ0v) is 19.2. The predicted octanol–water partition coefficient (Wildman–Crippen LogP) is 4.61.